The Bertz CT molecular complexity index is 1580. The molecule has 1 amide bonds. The average Bonchev–Trinajstić information content (AvgIpc) is 2.97. The minimum Gasteiger partial charge on any atom is -0.497 e. The van der Waals surface area contributed by atoms with E-state index in [9.17, 15) is 41.0 Å². The maximum Gasteiger partial charge on any atom is 0.416 e. The molecule has 2 aromatic carbocycles. The van der Waals surface area contributed by atoms with E-state index in [-0.39, 0.29) is 66.9 Å². The fourth-order valence-electron chi connectivity index (χ4n) is 5.32. The lowest BCUT2D eigenvalue weighted by molar-refractivity contribution is -0.143. The van der Waals surface area contributed by atoms with E-state index < -0.39 is 53.5 Å². The van der Waals surface area contributed by atoms with Crippen LogP contribution in [0.2, 0.25) is 0 Å². The summed E-state index contributed by atoms with van der Waals surface area (Å²) in [6.07, 6.45) is -10.9. The summed E-state index contributed by atoms with van der Waals surface area (Å²) in [6.45, 7) is 1.53. The molecule has 46 heavy (non-hydrogen) atoms. The van der Waals surface area contributed by atoms with Crippen LogP contribution in [0.25, 0.3) is 0 Å². The van der Waals surface area contributed by atoms with Gasteiger partial charge in [-0.2, -0.15) is 26.3 Å². The number of aromatic nitrogens is 2. The van der Waals surface area contributed by atoms with E-state index in [1.54, 1.807) is 19.1 Å². The van der Waals surface area contributed by atoms with Gasteiger partial charge in [-0.1, -0.05) is 6.92 Å². The SMILES string of the molecule is CC[C@]1(N)C[C@H](c2ncc(OCCCC(=O)O)c(Cc3cc(C(F)(F)F)cc(C(F)(F)F)c3)n2)c2cc(OC)ccc2N1C(=O)O. The normalized spacial score (nSPS) is 18.2. The van der Waals surface area contributed by atoms with Gasteiger partial charge in [-0.05, 0) is 66.8 Å². The standard InChI is InChI=1S/C30H30F6N4O6/c1-3-28(37)14-21(20-13-19(45-2)6-7-23(20)40(28)27(43)44)26-38-15-24(46-8-4-5-25(41)42)22(39-26)11-16-9-17(29(31,32)33)12-18(10-16)30(34,35)36/h6-7,9-10,12-13,15,21H,3-5,8,11,14,37H2,1-2H3,(H,41,42)(H,43,44)/t21-,28+/m0/s1. The van der Waals surface area contributed by atoms with Crippen molar-refractivity contribution in [2.45, 2.75) is 63.0 Å². The summed E-state index contributed by atoms with van der Waals surface area (Å²) in [5.41, 5.74) is 2.35. The molecule has 0 saturated heterocycles. The molecule has 1 aliphatic rings. The molecule has 0 fully saturated rings. The number of carboxylic acids is 1. The van der Waals surface area contributed by atoms with Crippen molar-refractivity contribution in [3.05, 3.63) is 76.4 Å². The van der Waals surface area contributed by atoms with Crippen molar-refractivity contribution in [3.63, 3.8) is 0 Å². The fourth-order valence-corrected chi connectivity index (χ4v) is 5.32. The van der Waals surface area contributed by atoms with E-state index in [1.165, 1.54) is 19.4 Å². The Morgan fingerprint density at radius 3 is 2.26 bits per heavy atom. The molecule has 0 saturated carbocycles. The zero-order valence-electron chi connectivity index (χ0n) is 24.6. The van der Waals surface area contributed by atoms with Gasteiger partial charge in [0.2, 0.25) is 0 Å². The highest BCUT2D eigenvalue weighted by molar-refractivity contribution is 5.90. The van der Waals surface area contributed by atoms with Gasteiger partial charge >= 0.3 is 24.4 Å². The first-order valence-corrected chi connectivity index (χ1v) is 14.0. The van der Waals surface area contributed by atoms with Crippen LogP contribution >= 0.6 is 0 Å². The van der Waals surface area contributed by atoms with Crippen LogP contribution in [0.15, 0.2) is 42.6 Å². The summed E-state index contributed by atoms with van der Waals surface area (Å²) in [6, 6.07) is 5.81. The molecule has 0 spiro atoms. The predicted octanol–water partition coefficient (Wildman–Crippen LogP) is 6.44. The minimum absolute atomic E-state index is 0.0182. The van der Waals surface area contributed by atoms with Crippen molar-refractivity contribution < 1.29 is 55.6 Å². The van der Waals surface area contributed by atoms with Crippen LogP contribution < -0.4 is 20.1 Å². The molecule has 1 aliphatic heterocycles. The van der Waals surface area contributed by atoms with Gasteiger partial charge in [0.05, 0.1) is 42.4 Å². The number of halogens is 6. The van der Waals surface area contributed by atoms with Crippen molar-refractivity contribution in [1.82, 2.24) is 9.97 Å². The van der Waals surface area contributed by atoms with Gasteiger partial charge in [0.25, 0.3) is 0 Å². The molecule has 16 heteroatoms. The lowest BCUT2D eigenvalue weighted by atomic mass is 9.80. The Morgan fingerprint density at radius 1 is 1.07 bits per heavy atom. The van der Waals surface area contributed by atoms with Crippen LogP contribution in [0.1, 0.15) is 72.3 Å². The third-order valence-corrected chi connectivity index (χ3v) is 7.63. The maximum absolute atomic E-state index is 13.6. The van der Waals surface area contributed by atoms with Gasteiger partial charge in [-0.25, -0.2) is 14.8 Å². The average molecular weight is 657 g/mol. The molecule has 0 radical (unpaired) electrons. The Kier molecular flexibility index (Phi) is 9.70. The molecule has 0 bridgehead atoms. The van der Waals surface area contributed by atoms with Crippen molar-refractivity contribution in [2.24, 2.45) is 5.73 Å². The summed E-state index contributed by atoms with van der Waals surface area (Å²) >= 11 is 0. The highest BCUT2D eigenvalue weighted by Crippen LogP contribution is 2.47. The van der Waals surface area contributed by atoms with Crippen LogP contribution in [0, 0.1) is 0 Å². The summed E-state index contributed by atoms with van der Waals surface area (Å²) in [5, 5.41) is 19.0. The van der Waals surface area contributed by atoms with Crippen LogP contribution in [-0.2, 0) is 23.6 Å². The number of hydrogen-bond donors (Lipinski definition) is 3. The first kappa shape index (κ1) is 34.3. The van der Waals surface area contributed by atoms with E-state index in [1.807, 2.05) is 0 Å². The van der Waals surface area contributed by atoms with Crippen molar-refractivity contribution in [2.75, 3.05) is 18.6 Å². The summed E-state index contributed by atoms with van der Waals surface area (Å²) < 4.78 is 92.6. The van der Waals surface area contributed by atoms with Gasteiger partial charge in [0.15, 0.2) is 5.75 Å². The number of anilines is 1. The van der Waals surface area contributed by atoms with Gasteiger partial charge in [-0.3, -0.25) is 9.69 Å². The number of carboxylic acid groups (broad SMARTS) is 2. The quantitative estimate of drug-likeness (QED) is 0.166. The molecule has 0 unspecified atom stereocenters. The smallest absolute Gasteiger partial charge is 0.416 e. The molecule has 10 nitrogen and oxygen atoms in total. The number of alkyl halides is 6. The molecule has 4 N–H and O–H groups in total. The second kappa shape index (κ2) is 13.0. The van der Waals surface area contributed by atoms with Gasteiger partial charge in [0, 0.05) is 18.8 Å². The molecule has 2 heterocycles. The van der Waals surface area contributed by atoms with Crippen molar-refractivity contribution in [1.29, 1.82) is 0 Å². The lowest BCUT2D eigenvalue weighted by Crippen LogP contribution is -2.61. The zero-order chi connectivity index (χ0) is 34.0. The van der Waals surface area contributed by atoms with E-state index >= 15 is 0 Å². The number of fused-ring (bicyclic) bond motifs is 1. The number of benzene rings is 2. The van der Waals surface area contributed by atoms with Crippen LogP contribution in [-0.4, -0.2) is 51.6 Å². The van der Waals surface area contributed by atoms with Crippen molar-refractivity contribution >= 4 is 17.7 Å². The Hall–Kier alpha value is -4.60. The van der Waals surface area contributed by atoms with E-state index in [0.29, 0.717) is 23.4 Å². The number of ether oxygens (including phenoxy) is 2. The maximum atomic E-state index is 13.6. The number of nitrogens with zero attached hydrogens (tertiary/aromatic N) is 3. The van der Waals surface area contributed by atoms with Crippen LogP contribution in [0.4, 0.5) is 36.8 Å². The molecule has 3 aromatic rings. The van der Waals surface area contributed by atoms with Gasteiger partial charge in [-0.15, -0.1) is 0 Å². The Morgan fingerprint density at radius 2 is 1.72 bits per heavy atom. The molecular weight excluding hydrogens is 626 g/mol. The number of hydrogen-bond acceptors (Lipinski definition) is 7. The molecule has 248 valence electrons. The summed E-state index contributed by atoms with van der Waals surface area (Å²) in [4.78, 5) is 33.2. The molecule has 1 aromatic heterocycles. The Balaban J connectivity index is 1.86. The van der Waals surface area contributed by atoms with Gasteiger partial charge < -0.3 is 25.4 Å². The second-order valence-corrected chi connectivity index (χ2v) is 10.7. The first-order valence-electron chi connectivity index (χ1n) is 14.0. The molecule has 2 atom stereocenters. The monoisotopic (exact) mass is 656 g/mol. The number of carbonyl (C=O) groups is 2. The molecule has 0 aliphatic carbocycles. The third kappa shape index (κ3) is 7.43. The largest absolute Gasteiger partial charge is 0.497 e. The number of rotatable bonds is 10. The van der Waals surface area contributed by atoms with Crippen LogP contribution in [0.3, 0.4) is 0 Å². The van der Waals surface area contributed by atoms with E-state index in [2.05, 4.69) is 9.97 Å². The number of amides is 1. The first-order chi connectivity index (χ1) is 21.5. The van der Waals surface area contributed by atoms with Gasteiger partial charge in [0.1, 0.15) is 17.2 Å². The Labute approximate surface area is 258 Å². The topological polar surface area (TPSA) is 148 Å². The van der Waals surface area contributed by atoms with Crippen LogP contribution in [0.5, 0.6) is 11.5 Å². The summed E-state index contributed by atoms with van der Waals surface area (Å²) in [5.74, 6) is -1.53. The minimum atomic E-state index is -5.07. The number of nitrogens with two attached hydrogens (primary N) is 1. The van der Waals surface area contributed by atoms with Crippen molar-refractivity contribution in [3.8, 4) is 11.5 Å². The molecular formula is C30H30F6N4O6. The van der Waals surface area contributed by atoms with E-state index in [0.717, 1.165) is 4.90 Å². The second-order valence-electron chi connectivity index (χ2n) is 10.7. The highest BCUT2D eigenvalue weighted by atomic mass is 19.4. The molecule has 4 rings (SSSR count). The fraction of sp³-hybridized carbons (Fsp3) is 0.400. The number of methoxy groups -OCH3 is 1. The zero-order valence-corrected chi connectivity index (χ0v) is 24.6. The number of aliphatic carboxylic acids is 1. The van der Waals surface area contributed by atoms with E-state index in [4.69, 9.17) is 20.3 Å². The lowest BCUT2D eigenvalue weighted by Gasteiger charge is -2.46. The highest BCUT2D eigenvalue weighted by Gasteiger charge is 2.46. The third-order valence-electron chi connectivity index (χ3n) is 7.63. The summed E-state index contributed by atoms with van der Waals surface area (Å²) in [7, 11) is 1.41. The predicted molar refractivity (Wildman–Crippen MR) is 151 cm³/mol.